The van der Waals surface area contributed by atoms with Crippen LogP contribution in [0.4, 0.5) is 0 Å². The van der Waals surface area contributed by atoms with Crippen LogP contribution in [0, 0.1) is 6.92 Å². The third-order valence-electron chi connectivity index (χ3n) is 3.03. The number of thiophene rings is 1. The van der Waals surface area contributed by atoms with Crippen LogP contribution in [0.15, 0.2) is 4.79 Å². The van der Waals surface area contributed by atoms with Gasteiger partial charge >= 0.3 is 5.97 Å². The molecular weight excluding hydrogens is 280 g/mol. The standard InChI is InChI=1S/C13H16N2O4S/c1-7-8(6-19-2)20-13-11(7)12(18)14-9(15-13)4-3-5-10(16)17/h3-6H2,1-2H3,(H,16,17)(H,14,15,18). The van der Waals surface area contributed by atoms with Gasteiger partial charge in [-0.2, -0.15) is 0 Å². The molecule has 20 heavy (non-hydrogen) atoms. The van der Waals surface area contributed by atoms with Crippen molar-refractivity contribution in [1.82, 2.24) is 9.97 Å². The molecule has 0 aliphatic rings. The van der Waals surface area contributed by atoms with Gasteiger partial charge in [-0.25, -0.2) is 4.98 Å². The second kappa shape index (κ2) is 6.15. The van der Waals surface area contributed by atoms with Crippen LogP contribution in [0.1, 0.15) is 29.1 Å². The monoisotopic (exact) mass is 296 g/mol. The number of methoxy groups -OCH3 is 1. The molecule has 2 aromatic heterocycles. The molecule has 0 atom stereocenters. The zero-order chi connectivity index (χ0) is 14.7. The van der Waals surface area contributed by atoms with Crippen LogP contribution < -0.4 is 5.56 Å². The molecule has 0 aliphatic carbocycles. The van der Waals surface area contributed by atoms with Gasteiger partial charge in [-0.05, 0) is 18.9 Å². The van der Waals surface area contributed by atoms with E-state index in [0.717, 1.165) is 10.4 Å². The highest BCUT2D eigenvalue weighted by molar-refractivity contribution is 7.18. The molecule has 0 radical (unpaired) electrons. The molecule has 0 aliphatic heterocycles. The fourth-order valence-electron chi connectivity index (χ4n) is 2.03. The fraction of sp³-hybridized carbons (Fsp3) is 0.462. The summed E-state index contributed by atoms with van der Waals surface area (Å²) in [5, 5.41) is 9.21. The number of carboxylic acids is 1. The zero-order valence-electron chi connectivity index (χ0n) is 11.4. The Kier molecular flexibility index (Phi) is 4.51. The molecule has 0 spiro atoms. The number of carbonyl (C=O) groups is 1. The first kappa shape index (κ1) is 14.7. The Balaban J connectivity index is 2.32. The molecule has 2 heterocycles. The van der Waals surface area contributed by atoms with Crippen molar-refractivity contribution in [2.24, 2.45) is 0 Å². The fourth-order valence-corrected chi connectivity index (χ4v) is 3.20. The highest BCUT2D eigenvalue weighted by Gasteiger charge is 2.14. The summed E-state index contributed by atoms with van der Waals surface area (Å²) in [5.41, 5.74) is 0.731. The highest BCUT2D eigenvalue weighted by atomic mass is 32.1. The molecule has 2 N–H and O–H groups in total. The molecule has 0 amide bonds. The number of ether oxygens (including phenoxy) is 1. The summed E-state index contributed by atoms with van der Waals surface area (Å²) in [4.78, 5) is 31.4. The molecule has 2 aromatic rings. The Hall–Kier alpha value is -1.73. The first-order valence-corrected chi connectivity index (χ1v) is 7.06. The van der Waals surface area contributed by atoms with Gasteiger partial charge in [0.15, 0.2) is 0 Å². The minimum atomic E-state index is -0.845. The maximum Gasteiger partial charge on any atom is 0.303 e. The molecule has 0 saturated carbocycles. The van der Waals surface area contributed by atoms with Crippen LogP contribution in [0.2, 0.25) is 0 Å². The van der Waals surface area contributed by atoms with Gasteiger partial charge in [-0.3, -0.25) is 9.59 Å². The summed E-state index contributed by atoms with van der Waals surface area (Å²) in [7, 11) is 1.61. The van der Waals surface area contributed by atoms with Gasteiger partial charge in [0.1, 0.15) is 10.7 Å². The van der Waals surface area contributed by atoms with Crippen molar-refractivity contribution in [2.45, 2.75) is 32.8 Å². The number of aryl methyl sites for hydroxylation is 2. The van der Waals surface area contributed by atoms with Crippen molar-refractivity contribution in [3.63, 3.8) is 0 Å². The van der Waals surface area contributed by atoms with Crippen molar-refractivity contribution in [3.8, 4) is 0 Å². The second-order valence-corrected chi connectivity index (χ2v) is 5.61. The van der Waals surface area contributed by atoms with E-state index in [1.165, 1.54) is 11.3 Å². The maximum atomic E-state index is 12.1. The minimum absolute atomic E-state index is 0.0696. The van der Waals surface area contributed by atoms with Crippen molar-refractivity contribution in [1.29, 1.82) is 0 Å². The molecule has 108 valence electrons. The van der Waals surface area contributed by atoms with E-state index < -0.39 is 5.97 Å². The summed E-state index contributed by atoms with van der Waals surface area (Å²) in [6.45, 7) is 2.34. The predicted octanol–water partition coefficient (Wildman–Crippen LogP) is 1.85. The predicted molar refractivity (Wildman–Crippen MR) is 76.3 cm³/mol. The van der Waals surface area contributed by atoms with Crippen LogP contribution in [0.5, 0.6) is 0 Å². The molecule has 0 unspecified atom stereocenters. The van der Waals surface area contributed by atoms with Crippen molar-refractivity contribution >= 4 is 27.5 Å². The molecule has 0 fully saturated rings. The normalized spacial score (nSPS) is 11.1. The molecule has 0 bridgehead atoms. The Morgan fingerprint density at radius 1 is 1.50 bits per heavy atom. The van der Waals surface area contributed by atoms with Crippen LogP contribution in [-0.4, -0.2) is 28.2 Å². The van der Waals surface area contributed by atoms with Crippen molar-refractivity contribution in [2.75, 3.05) is 7.11 Å². The quantitative estimate of drug-likeness (QED) is 0.848. The molecule has 0 aromatic carbocycles. The number of nitrogens with one attached hydrogen (secondary N) is 1. The highest BCUT2D eigenvalue weighted by Crippen LogP contribution is 2.27. The summed E-state index contributed by atoms with van der Waals surface area (Å²) >= 11 is 1.44. The minimum Gasteiger partial charge on any atom is -0.481 e. The second-order valence-electron chi connectivity index (χ2n) is 4.52. The third-order valence-corrected chi connectivity index (χ3v) is 4.19. The Morgan fingerprint density at radius 3 is 2.90 bits per heavy atom. The van der Waals surface area contributed by atoms with Gasteiger partial charge in [0, 0.05) is 24.8 Å². The van der Waals surface area contributed by atoms with Gasteiger partial charge in [0.25, 0.3) is 5.56 Å². The van der Waals surface area contributed by atoms with E-state index in [9.17, 15) is 9.59 Å². The lowest BCUT2D eigenvalue weighted by Gasteiger charge is -1.99. The maximum absolute atomic E-state index is 12.1. The lowest BCUT2D eigenvalue weighted by molar-refractivity contribution is -0.137. The summed E-state index contributed by atoms with van der Waals surface area (Å²) < 4.78 is 5.10. The van der Waals surface area contributed by atoms with Crippen LogP contribution in [-0.2, 0) is 22.6 Å². The molecule has 0 saturated heterocycles. The number of hydrogen-bond donors (Lipinski definition) is 2. The average Bonchev–Trinajstić information content (AvgIpc) is 2.67. The number of fused-ring (bicyclic) bond motifs is 1. The number of aromatic amines is 1. The van der Waals surface area contributed by atoms with E-state index >= 15 is 0 Å². The summed E-state index contributed by atoms with van der Waals surface area (Å²) in [6.07, 6.45) is 0.979. The molecule has 2 rings (SSSR count). The Labute approximate surface area is 119 Å². The van der Waals surface area contributed by atoms with E-state index in [4.69, 9.17) is 9.84 Å². The number of carboxylic acid groups (broad SMARTS) is 1. The molecular formula is C13H16N2O4S. The van der Waals surface area contributed by atoms with Gasteiger partial charge in [-0.1, -0.05) is 0 Å². The first-order valence-electron chi connectivity index (χ1n) is 6.24. The molecule has 6 nitrogen and oxygen atoms in total. The smallest absolute Gasteiger partial charge is 0.303 e. The van der Waals surface area contributed by atoms with Crippen LogP contribution in [0.25, 0.3) is 10.2 Å². The third kappa shape index (κ3) is 3.05. The topological polar surface area (TPSA) is 92.3 Å². The first-order chi connectivity index (χ1) is 9.52. The Morgan fingerprint density at radius 2 is 2.25 bits per heavy atom. The van der Waals surface area contributed by atoms with Gasteiger partial charge in [0.2, 0.25) is 0 Å². The van der Waals surface area contributed by atoms with Gasteiger partial charge < -0.3 is 14.8 Å². The van der Waals surface area contributed by atoms with E-state index in [0.29, 0.717) is 35.5 Å². The van der Waals surface area contributed by atoms with Gasteiger partial charge in [0.05, 0.1) is 12.0 Å². The van der Waals surface area contributed by atoms with E-state index in [1.807, 2.05) is 6.92 Å². The number of aromatic nitrogens is 2. The summed E-state index contributed by atoms with van der Waals surface area (Å²) in [5.74, 6) is -0.309. The number of nitrogens with zero attached hydrogens (tertiary/aromatic N) is 1. The lowest BCUT2D eigenvalue weighted by Crippen LogP contribution is -2.12. The number of aliphatic carboxylic acids is 1. The van der Waals surface area contributed by atoms with Gasteiger partial charge in [-0.15, -0.1) is 11.3 Å². The summed E-state index contributed by atoms with van der Waals surface area (Å²) in [6, 6.07) is 0. The molecule has 7 heteroatoms. The van der Waals surface area contributed by atoms with Crippen LogP contribution >= 0.6 is 11.3 Å². The van der Waals surface area contributed by atoms with Crippen molar-refractivity contribution < 1.29 is 14.6 Å². The average molecular weight is 296 g/mol. The number of hydrogen-bond acceptors (Lipinski definition) is 5. The Bertz CT molecular complexity index is 689. The van der Waals surface area contributed by atoms with E-state index in [2.05, 4.69) is 9.97 Å². The SMILES string of the molecule is COCc1sc2nc(CCCC(=O)O)[nH]c(=O)c2c1C. The number of H-pyrrole nitrogens is 1. The van der Waals surface area contributed by atoms with E-state index in [1.54, 1.807) is 7.11 Å². The lowest BCUT2D eigenvalue weighted by atomic mass is 10.2. The van der Waals surface area contributed by atoms with E-state index in [-0.39, 0.29) is 12.0 Å². The van der Waals surface area contributed by atoms with Crippen molar-refractivity contribution in [3.05, 3.63) is 26.6 Å². The zero-order valence-corrected chi connectivity index (χ0v) is 12.2. The largest absolute Gasteiger partial charge is 0.481 e. The number of rotatable bonds is 6. The van der Waals surface area contributed by atoms with Crippen LogP contribution in [0.3, 0.4) is 0 Å².